The number of aromatic nitrogens is 1. The van der Waals surface area contributed by atoms with E-state index in [1.165, 1.54) is 11.3 Å². The molecular formula is C17H18N2O2S2. The van der Waals surface area contributed by atoms with Gasteiger partial charge in [-0.3, -0.25) is 4.72 Å². The third-order valence-electron chi connectivity index (χ3n) is 3.89. The molecule has 1 aromatic heterocycles. The molecule has 4 nitrogen and oxygen atoms in total. The van der Waals surface area contributed by atoms with E-state index in [0.717, 1.165) is 22.2 Å². The summed E-state index contributed by atoms with van der Waals surface area (Å²) in [6.07, 6.45) is 1.02. The van der Waals surface area contributed by atoms with Crippen LogP contribution in [0.5, 0.6) is 0 Å². The van der Waals surface area contributed by atoms with E-state index in [2.05, 4.69) is 23.6 Å². The Labute approximate surface area is 140 Å². The van der Waals surface area contributed by atoms with Crippen LogP contribution >= 0.6 is 11.3 Å². The summed E-state index contributed by atoms with van der Waals surface area (Å²) in [5.74, 6) is 0.420. The van der Waals surface area contributed by atoms with Crippen molar-refractivity contribution in [3.63, 3.8) is 0 Å². The number of hydrogen-bond donors (Lipinski definition) is 1. The summed E-state index contributed by atoms with van der Waals surface area (Å²) in [7, 11) is -3.61. The van der Waals surface area contributed by atoms with Gasteiger partial charge in [-0.2, -0.15) is 0 Å². The number of anilines is 1. The van der Waals surface area contributed by atoms with E-state index in [4.69, 9.17) is 0 Å². The minimum Gasteiger partial charge on any atom is -0.255 e. The molecule has 0 saturated carbocycles. The second-order valence-corrected chi connectivity index (χ2v) is 8.18. The molecule has 2 aromatic carbocycles. The lowest BCUT2D eigenvalue weighted by Gasteiger charge is -2.10. The third kappa shape index (κ3) is 3.38. The van der Waals surface area contributed by atoms with Gasteiger partial charge in [0.25, 0.3) is 10.0 Å². The van der Waals surface area contributed by atoms with Crippen LogP contribution in [0.3, 0.4) is 0 Å². The first-order chi connectivity index (χ1) is 11.0. The van der Waals surface area contributed by atoms with Crippen molar-refractivity contribution in [2.45, 2.75) is 31.1 Å². The summed E-state index contributed by atoms with van der Waals surface area (Å²) in [6.45, 7) is 4.24. The first-order valence-electron chi connectivity index (χ1n) is 7.48. The molecule has 3 aromatic rings. The van der Waals surface area contributed by atoms with Gasteiger partial charge in [-0.1, -0.05) is 49.4 Å². The van der Waals surface area contributed by atoms with Gasteiger partial charge in [-0.25, -0.2) is 13.4 Å². The van der Waals surface area contributed by atoms with Gasteiger partial charge in [0, 0.05) is 0 Å². The third-order valence-corrected chi connectivity index (χ3v) is 6.32. The standard InChI is InChI=1S/C17H18N2O2S2/c1-3-12(2)13-8-10-14(11-9-13)23(20,21)19-17-18-15-6-4-5-7-16(15)22-17/h4-12H,3H2,1-2H3,(H,18,19). The van der Waals surface area contributed by atoms with Crippen LogP contribution in [-0.4, -0.2) is 13.4 Å². The zero-order valence-corrected chi connectivity index (χ0v) is 14.6. The van der Waals surface area contributed by atoms with Crippen LogP contribution in [0.1, 0.15) is 31.7 Å². The van der Waals surface area contributed by atoms with E-state index in [1.54, 1.807) is 12.1 Å². The van der Waals surface area contributed by atoms with Crippen LogP contribution in [-0.2, 0) is 10.0 Å². The van der Waals surface area contributed by atoms with Crippen molar-refractivity contribution in [1.82, 2.24) is 4.98 Å². The summed E-state index contributed by atoms with van der Waals surface area (Å²) in [5, 5.41) is 0.386. The number of thiazole rings is 1. The predicted molar refractivity (Wildman–Crippen MR) is 95.6 cm³/mol. The monoisotopic (exact) mass is 346 g/mol. The van der Waals surface area contributed by atoms with Gasteiger partial charge in [0.1, 0.15) is 0 Å². The fraction of sp³-hybridized carbons (Fsp3) is 0.235. The fourth-order valence-corrected chi connectivity index (χ4v) is 4.40. The summed E-state index contributed by atoms with van der Waals surface area (Å²) in [4.78, 5) is 4.56. The number of fused-ring (bicyclic) bond motifs is 1. The molecule has 0 bridgehead atoms. The van der Waals surface area contributed by atoms with Crippen LogP contribution in [0, 0.1) is 0 Å². The minimum atomic E-state index is -3.61. The van der Waals surface area contributed by atoms with Crippen molar-refractivity contribution in [2.24, 2.45) is 0 Å². The average Bonchev–Trinajstić information content (AvgIpc) is 2.95. The van der Waals surface area contributed by atoms with Gasteiger partial charge in [0.05, 0.1) is 15.1 Å². The molecule has 0 radical (unpaired) electrons. The van der Waals surface area contributed by atoms with Gasteiger partial charge in [0.2, 0.25) is 0 Å². The molecule has 120 valence electrons. The lowest BCUT2D eigenvalue weighted by atomic mass is 9.99. The Morgan fingerprint density at radius 2 is 1.83 bits per heavy atom. The van der Waals surface area contributed by atoms with Crippen molar-refractivity contribution in [1.29, 1.82) is 0 Å². The molecule has 0 aliphatic heterocycles. The van der Waals surface area contributed by atoms with Crippen molar-refractivity contribution in [2.75, 3.05) is 4.72 Å². The van der Waals surface area contributed by atoms with E-state index in [9.17, 15) is 8.42 Å². The molecule has 1 heterocycles. The van der Waals surface area contributed by atoms with E-state index in [-0.39, 0.29) is 4.90 Å². The highest BCUT2D eigenvalue weighted by molar-refractivity contribution is 7.93. The lowest BCUT2D eigenvalue weighted by Crippen LogP contribution is -2.12. The molecular weight excluding hydrogens is 328 g/mol. The van der Waals surface area contributed by atoms with E-state index in [0.29, 0.717) is 11.0 Å². The summed E-state index contributed by atoms with van der Waals surface area (Å²) in [6, 6.07) is 14.6. The molecule has 0 aliphatic rings. The molecule has 0 spiro atoms. The Kier molecular flexibility index (Phi) is 4.37. The second-order valence-electron chi connectivity index (χ2n) is 5.47. The van der Waals surface area contributed by atoms with Crippen LogP contribution < -0.4 is 4.72 Å². The fourth-order valence-electron chi connectivity index (χ4n) is 2.30. The lowest BCUT2D eigenvalue weighted by molar-refractivity contribution is 0.601. The van der Waals surface area contributed by atoms with Gasteiger partial charge in [0.15, 0.2) is 5.13 Å². The number of para-hydroxylation sites is 1. The van der Waals surface area contributed by atoms with Crippen LogP contribution in [0.15, 0.2) is 53.4 Å². The molecule has 1 unspecified atom stereocenters. The SMILES string of the molecule is CCC(C)c1ccc(S(=O)(=O)Nc2nc3ccccc3s2)cc1. The first kappa shape index (κ1) is 16.0. The molecule has 1 N–H and O–H groups in total. The Hall–Kier alpha value is -1.92. The van der Waals surface area contributed by atoms with Crippen molar-refractivity contribution in [3.05, 3.63) is 54.1 Å². The van der Waals surface area contributed by atoms with Crippen LogP contribution in [0.25, 0.3) is 10.2 Å². The van der Waals surface area contributed by atoms with E-state index >= 15 is 0 Å². The average molecular weight is 346 g/mol. The zero-order valence-electron chi connectivity index (χ0n) is 13.0. The number of benzene rings is 2. The van der Waals surface area contributed by atoms with E-state index < -0.39 is 10.0 Å². The molecule has 23 heavy (non-hydrogen) atoms. The zero-order chi connectivity index (χ0) is 16.4. The number of hydrogen-bond acceptors (Lipinski definition) is 4. The molecule has 6 heteroatoms. The summed E-state index contributed by atoms with van der Waals surface area (Å²) < 4.78 is 28.5. The Balaban J connectivity index is 1.86. The predicted octanol–water partition coefficient (Wildman–Crippen LogP) is 4.61. The number of rotatable bonds is 5. The number of nitrogens with zero attached hydrogens (tertiary/aromatic N) is 1. The van der Waals surface area contributed by atoms with Crippen LogP contribution in [0.4, 0.5) is 5.13 Å². The molecule has 0 fully saturated rings. The van der Waals surface area contributed by atoms with Gasteiger partial charge in [-0.15, -0.1) is 0 Å². The molecule has 0 saturated heterocycles. The highest BCUT2D eigenvalue weighted by atomic mass is 32.2. The molecule has 3 rings (SSSR count). The van der Waals surface area contributed by atoms with Crippen molar-refractivity contribution < 1.29 is 8.42 Å². The normalized spacial score (nSPS) is 13.1. The Morgan fingerprint density at radius 1 is 1.13 bits per heavy atom. The largest absolute Gasteiger partial charge is 0.263 e. The van der Waals surface area contributed by atoms with Gasteiger partial charge >= 0.3 is 0 Å². The maximum Gasteiger partial charge on any atom is 0.263 e. The van der Waals surface area contributed by atoms with Crippen LogP contribution in [0.2, 0.25) is 0 Å². The van der Waals surface area contributed by atoms with Crippen molar-refractivity contribution in [3.8, 4) is 0 Å². The highest BCUT2D eigenvalue weighted by Crippen LogP contribution is 2.28. The summed E-state index contributed by atoms with van der Waals surface area (Å²) >= 11 is 1.33. The number of sulfonamides is 1. The molecule has 1 atom stereocenters. The minimum absolute atomic E-state index is 0.254. The number of nitrogens with one attached hydrogen (secondary N) is 1. The van der Waals surface area contributed by atoms with Gasteiger partial charge in [-0.05, 0) is 42.2 Å². The molecule has 0 amide bonds. The second kappa shape index (κ2) is 6.29. The van der Waals surface area contributed by atoms with Crippen molar-refractivity contribution >= 4 is 36.7 Å². The van der Waals surface area contributed by atoms with E-state index in [1.807, 2.05) is 36.4 Å². The quantitative estimate of drug-likeness (QED) is 0.734. The highest BCUT2D eigenvalue weighted by Gasteiger charge is 2.17. The first-order valence-corrected chi connectivity index (χ1v) is 9.78. The summed E-state index contributed by atoms with van der Waals surface area (Å²) in [5.41, 5.74) is 1.94. The smallest absolute Gasteiger partial charge is 0.255 e. The maximum atomic E-state index is 12.5. The van der Waals surface area contributed by atoms with Gasteiger partial charge < -0.3 is 0 Å². The Bertz CT molecular complexity index is 882. The topological polar surface area (TPSA) is 59.1 Å². The maximum absolute atomic E-state index is 12.5. The Morgan fingerprint density at radius 3 is 2.48 bits per heavy atom. The molecule has 0 aliphatic carbocycles.